The number of carboxylic acid groups (broad SMARTS) is 1. The van der Waals surface area contributed by atoms with Crippen molar-refractivity contribution in [2.24, 2.45) is 0 Å². The number of ether oxygens (including phenoxy) is 1. The molecule has 0 spiro atoms. The van der Waals surface area contributed by atoms with Gasteiger partial charge in [0.05, 0.1) is 11.3 Å². The maximum Gasteiger partial charge on any atom is 0.337 e. The van der Waals surface area contributed by atoms with Crippen molar-refractivity contribution in [3.05, 3.63) is 47.7 Å². The zero-order chi connectivity index (χ0) is 16.1. The minimum absolute atomic E-state index is 0.0635. The van der Waals surface area contributed by atoms with Gasteiger partial charge >= 0.3 is 5.97 Å². The van der Waals surface area contributed by atoms with Gasteiger partial charge in [-0.3, -0.25) is 4.79 Å². The SMILES string of the molecule is CC(=O)Nc1ccc(Oc2ncccc2CF)cc1C(=O)O. The summed E-state index contributed by atoms with van der Waals surface area (Å²) in [6.07, 6.45) is 1.44. The molecule has 0 saturated heterocycles. The first kappa shape index (κ1) is 15.4. The van der Waals surface area contributed by atoms with Crippen LogP contribution >= 0.6 is 0 Å². The highest BCUT2D eigenvalue weighted by Crippen LogP contribution is 2.27. The van der Waals surface area contributed by atoms with Crippen LogP contribution in [0.5, 0.6) is 11.6 Å². The fraction of sp³-hybridized carbons (Fsp3) is 0.133. The van der Waals surface area contributed by atoms with Gasteiger partial charge in [-0.1, -0.05) is 0 Å². The summed E-state index contributed by atoms with van der Waals surface area (Å²) in [5.41, 5.74) is 0.273. The Kier molecular flexibility index (Phi) is 4.67. The topological polar surface area (TPSA) is 88.5 Å². The Hall–Kier alpha value is -2.96. The number of carbonyl (C=O) groups is 2. The predicted octanol–water partition coefficient (Wildman–Crippen LogP) is 3.00. The highest BCUT2D eigenvalue weighted by atomic mass is 19.1. The van der Waals surface area contributed by atoms with Crippen molar-refractivity contribution in [2.75, 3.05) is 5.32 Å². The van der Waals surface area contributed by atoms with E-state index in [0.717, 1.165) is 0 Å². The summed E-state index contributed by atoms with van der Waals surface area (Å²) in [6, 6.07) is 7.20. The van der Waals surface area contributed by atoms with Gasteiger partial charge in [0, 0.05) is 18.7 Å². The molecular formula is C15H13FN2O4. The molecule has 114 valence electrons. The van der Waals surface area contributed by atoms with Gasteiger partial charge in [0.25, 0.3) is 0 Å². The molecule has 22 heavy (non-hydrogen) atoms. The molecule has 0 aliphatic heterocycles. The molecule has 2 aromatic rings. The van der Waals surface area contributed by atoms with Gasteiger partial charge in [-0.15, -0.1) is 0 Å². The van der Waals surface area contributed by atoms with E-state index >= 15 is 0 Å². The van der Waals surface area contributed by atoms with E-state index in [2.05, 4.69) is 10.3 Å². The monoisotopic (exact) mass is 304 g/mol. The Morgan fingerprint density at radius 2 is 2.14 bits per heavy atom. The third-order valence-corrected chi connectivity index (χ3v) is 2.74. The van der Waals surface area contributed by atoms with Crippen molar-refractivity contribution in [3.8, 4) is 11.6 Å². The molecule has 0 aliphatic carbocycles. The molecule has 0 bridgehead atoms. The first-order valence-electron chi connectivity index (χ1n) is 6.34. The molecule has 1 amide bonds. The molecule has 0 atom stereocenters. The molecule has 1 aromatic carbocycles. The van der Waals surface area contributed by atoms with E-state index in [1.54, 1.807) is 6.07 Å². The van der Waals surface area contributed by atoms with E-state index in [-0.39, 0.29) is 34.4 Å². The summed E-state index contributed by atoms with van der Waals surface area (Å²) in [4.78, 5) is 26.2. The Morgan fingerprint density at radius 3 is 2.77 bits per heavy atom. The van der Waals surface area contributed by atoms with Gasteiger partial charge in [0.1, 0.15) is 12.4 Å². The van der Waals surface area contributed by atoms with Crippen LogP contribution in [0.1, 0.15) is 22.8 Å². The molecule has 1 aromatic heterocycles. The first-order valence-corrected chi connectivity index (χ1v) is 6.34. The summed E-state index contributed by atoms with van der Waals surface area (Å²) in [7, 11) is 0. The number of pyridine rings is 1. The van der Waals surface area contributed by atoms with Gasteiger partial charge < -0.3 is 15.2 Å². The quantitative estimate of drug-likeness (QED) is 0.886. The van der Waals surface area contributed by atoms with E-state index in [1.807, 2.05) is 0 Å². The van der Waals surface area contributed by atoms with Crippen LogP contribution in [0.3, 0.4) is 0 Å². The minimum Gasteiger partial charge on any atom is -0.478 e. The molecule has 1 heterocycles. The van der Waals surface area contributed by atoms with Crippen LogP contribution in [-0.4, -0.2) is 22.0 Å². The lowest BCUT2D eigenvalue weighted by atomic mass is 10.1. The average molecular weight is 304 g/mol. The minimum atomic E-state index is -1.22. The van der Waals surface area contributed by atoms with Crippen LogP contribution in [0.15, 0.2) is 36.5 Å². The number of aromatic carboxylic acids is 1. The van der Waals surface area contributed by atoms with E-state index in [4.69, 9.17) is 4.74 Å². The Balaban J connectivity index is 2.34. The number of carbonyl (C=O) groups excluding carboxylic acids is 1. The normalized spacial score (nSPS) is 10.1. The lowest BCUT2D eigenvalue weighted by Crippen LogP contribution is -2.10. The Labute approximate surface area is 125 Å². The lowest BCUT2D eigenvalue weighted by Gasteiger charge is -2.11. The Morgan fingerprint density at radius 1 is 1.36 bits per heavy atom. The zero-order valence-electron chi connectivity index (χ0n) is 11.7. The van der Waals surface area contributed by atoms with Crippen LogP contribution in [0.25, 0.3) is 0 Å². The van der Waals surface area contributed by atoms with Crippen LogP contribution in [0.4, 0.5) is 10.1 Å². The van der Waals surface area contributed by atoms with Crippen molar-refractivity contribution in [2.45, 2.75) is 13.6 Å². The third kappa shape index (κ3) is 3.57. The van der Waals surface area contributed by atoms with E-state index in [0.29, 0.717) is 0 Å². The summed E-state index contributed by atoms with van der Waals surface area (Å²) >= 11 is 0. The summed E-state index contributed by atoms with van der Waals surface area (Å²) < 4.78 is 18.3. The van der Waals surface area contributed by atoms with Gasteiger partial charge in [-0.25, -0.2) is 14.2 Å². The molecular weight excluding hydrogens is 291 g/mol. The maximum absolute atomic E-state index is 12.8. The molecule has 0 radical (unpaired) electrons. The number of hydrogen-bond acceptors (Lipinski definition) is 4. The molecule has 7 heteroatoms. The fourth-order valence-corrected chi connectivity index (χ4v) is 1.79. The number of hydrogen-bond donors (Lipinski definition) is 2. The molecule has 0 saturated carbocycles. The van der Waals surface area contributed by atoms with E-state index in [1.165, 1.54) is 37.4 Å². The van der Waals surface area contributed by atoms with Crippen molar-refractivity contribution in [3.63, 3.8) is 0 Å². The van der Waals surface area contributed by atoms with E-state index < -0.39 is 12.6 Å². The number of nitrogens with one attached hydrogen (secondary N) is 1. The van der Waals surface area contributed by atoms with Gasteiger partial charge in [0.15, 0.2) is 0 Å². The first-order chi connectivity index (χ1) is 10.5. The van der Waals surface area contributed by atoms with Crippen LogP contribution in [0.2, 0.25) is 0 Å². The number of anilines is 1. The average Bonchev–Trinajstić information content (AvgIpc) is 2.48. The van der Waals surface area contributed by atoms with Crippen molar-refractivity contribution in [1.29, 1.82) is 0 Å². The summed E-state index contributed by atoms with van der Waals surface area (Å²) in [6.45, 7) is 0.524. The standard InChI is InChI=1S/C15H13FN2O4/c1-9(19)18-13-5-4-11(7-12(13)15(20)21)22-14-10(8-16)3-2-6-17-14/h2-7H,8H2,1H3,(H,18,19)(H,20,21). The second-order valence-corrected chi connectivity index (χ2v) is 4.40. The summed E-state index contributed by atoms with van der Waals surface area (Å²) in [5, 5.41) is 11.6. The molecule has 0 fully saturated rings. The summed E-state index contributed by atoms with van der Waals surface area (Å²) in [5.74, 6) is -1.37. The number of halogens is 1. The predicted molar refractivity (Wildman–Crippen MR) is 76.8 cm³/mol. The number of amides is 1. The van der Waals surface area contributed by atoms with Crippen LogP contribution in [-0.2, 0) is 11.5 Å². The largest absolute Gasteiger partial charge is 0.478 e. The number of rotatable bonds is 5. The number of aromatic nitrogens is 1. The molecule has 2 N–H and O–H groups in total. The fourth-order valence-electron chi connectivity index (χ4n) is 1.79. The third-order valence-electron chi connectivity index (χ3n) is 2.74. The number of carboxylic acids is 1. The van der Waals surface area contributed by atoms with Crippen molar-refractivity contribution < 1.29 is 23.8 Å². The molecule has 0 unspecified atom stereocenters. The molecule has 2 rings (SSSR count). The van der Waals surface area contributed by atoms with E-state index in [9.17, 15) is 19.1 Å². The molecule has 6 nitrogen and oxygen atoms in total. The smallest absolute Gasteiger partial charge is 0.337 e. The molecule has 0 aliphatic rings. The number of alkyl halides is 1. The van der Waals surface area contributed by atoms with Crippen LogP contribution in [0, 0.1) is 0 Å². The number of benzene rings is 1. The highest BCUT2D eigenvalue weighted by molar-refractivity contribution is 6.00. The van der Waals surface area contributed by atoms with Gasteiger partial charge in [0.2, 0.25) is 11.8 Å². The zero-order valence-corrected chi connectivity index (χ0v) is 11.7. The second kappa shape index (κ2) is 6.66. The van der Waals surface area contributed by atoms with Gasteiger partial charge in [-0.2, -0.15) is 0 Å². The lowest BCUT2D eigenvalue weighted by molar-refractivity contribution is -0.114. The maximum atomic E-state index is 12.8. The highest BCUT2D eigenvalue weighted by Gasteiger charge is 2.14. The number of nitrogens with zero attached hydrogens (tertiary/aromatic N) is 1. The van der Waals surface area contributed by atoms with Crippen molar-refractivity contribution in [1.82, 2.24) is 4.98 Å². The van der Waals surface area contributed by atoms with Gasteiger partial charge in [-0.05, 0) is 30.3 Å². The Bertz CT molecular complexity index is 718. The second-order valence-electron chi connectivity index (χ2n) is 4.40. The van der Waals surface area contributed by atoms with Crippen molar-refractivity contribution >= 4 is 17.6 Å². The van der Waals surface area contributed by atoms with Crippen LogP contribution < -0.4 is 10.1 Å².